The van der Waals surface area contributed by atoms with Gasteiger partial charge in [0, 0.05) is 27.8 Å². The molecule has 1 aliphatic carbocycles. The molecule has 1 aromatic carbocycles. The molecule has 3 atom stereocenters. The molecule has 1 aromatic heterocycles. The molecule has 35 heavy (non-hydrogen) atoms. The summed E-state index contributed by atoms with van der Waals surface area (Å²) in [5.74, 6) is -2.82. The minimum atomic E-state index is -1.04. The van der Waals surface area contributed by atoms with E-state index >= 15 is 0 Å². The Hall–Kier alpha value is -3.39. The van der Waals surface area contributed by atoms with Crippen LogP contribution >= 0.6 is 11.3 Å². The summed E-state index contributed by atoms with van der Waals surface area (Å²) in [5.41, 5.74) is 3.00. The highest BCUT2D eigenvalue weighted by molar-refractivity contribution is 7.10. The molecule has 2 aromatic rings. The zero-order valence-electron chi connectivity index (χ0n) is 20.3. The van der Waals surface area contributed by atoms with Gasteiger partial charge >= 0.3 is 11.9 Å². The van der Waals surface area contributed by atoms with Crippen LogP contribution in [0, 0.1) is 5.92 Å². The van der Waals surface area contributed by atoms with Crippen molar-refractivity contribution in [2.75, 3.05) is 20.3 Å². The third-order valence-corrected chi connectivity index (χ3v) is 7.34. The molecule has 0 amide bonds. The second-order valence-electron chi connectivity index (χ2n) is 8.41. The maximum Gasteiger partial charge on any atom is 0.336 e. The molecule has 0 saturated carbocycles. The molecular weight excluding hydrogens is 466 g/mol. The van der Waals surface area contributed by atoms with Gasteiger partial charge < -0.3 is 19.5 Å². The molecule has 2 heterocycles. The first-order valence-corrected chi connectivity index (χ1v) is 12.5. The normalized spacial score (nSPS) is 21.8. The average molecular weight is 496 g/mol. The van der Waals surface area contributed by atoms with Gasteiger partial charge in [-0.25, -0.2) is 4.79 Å². The fraction of sp³-hybridized carbons (Fsp3) is 0.370. The monoisotopic (exact) mass is 495 g/mol. The number of dihydropyridines is 1. The molecule has 0 fully saturated rings. The van der Waals surface area contributed by atoms with Gasteiger partial charge in [-0.1, -0.05) is 18.2 Å². The van der Waals surface area contributed by atoms with Gasteiger partial charge in [0.15, 0.2) is 5.78 Å². The van der Waals surface area contributed by atoms with E-state index in [2.05, 4.69) is 5.32 Å². The van der Waals surface area contributed by atoms with Crippen LogP contribution < -0.4 is 10.1 Å². The Morgan fingerprint density at radius 3 is 2.54 bits per heavy atom. The SMILES string of the molecule is CCOC(=O)C1=C(C)NC2=C(C(=O)[C@H](C(=O)OCC)[C@@H](c3cccc(OC)c3)C2)[C@@H]1c1cccs1. The number of hydrogen-bond acceptors (Lipinski definition) is 8. The molecule has 184 valence electrons. The van der Waals surface area contributed by atoms with E-state index in [1.165, 1.54) is 11.3 Å². The topological polar surface area (TPSA) is 90.9 Å². The number of carbonyl (C=O) groups excluding carboxylic acids is 3. The first kappa shape index (κ1) is 24.7. The number of methoxy groups -OCH3 is 1. The summed E-state index contributed by atoms with van der Waals surface area (Å²) in [7, 11) is 1.58. The van der Waals surface area contributed by atoms with Gasteiger partial charge in [0.2, 0.25) is 0 Å². The molecule has 7 nitrogen and oxygen atoms in total. The maximum atomic E-state index is 14.2. The fourth-order valence-corrected chi connectivity index (χ4v) is 5.78. The highest BCUT2D eigenvalue weighted by Gasteiger charge is 2.49. The number of nitrogens with one attached hydrogen (secondary N) is 1. The van der Waals surface area contributed by atoms with Crippen molar-refractivity contribution in [3.05, 3.63) is 74.8 Å². The second-order valence-corrected chi connectivity index (χ2v) is 9.39. The Balaban J connectivity index is 1.87. The molecule has 0 unspecified atom stereocenters. The van der Waals surface area contributed by atoms with Gasteiger partial charge in [0.05, 0.1) is 31.8 Å². The molecule has 8 heteroatoms. The molecule has 4 rings (SSSR count). The van der Waals surface area contributed by atoms with E-state index in [0.717, 1.165) is 10.4 Å². The van der Waals surface area contributed by atoms with E-state index in [9.17, 15) is 14.4 Å². The van der Waals surface area contributed by atoms with Crippen LogP contribution in [0.15, 0.2) is 64.3 Å². The van der Waals surface area contributed by atoms with Crippen LogP contribution in [-0.4, -0.2) is 38.0 Å². The number of rotatable bonds is 7. The van der Waals surface area contributed by atoms with Crippen molar-refractivity contribution in [2.45, 2.75) is 39.0 Å². The predicted octanol–water partition coefficient (Wildman–Crippen LogP) is 4.47. The van der Waals surface area contributed by atoms with Gasteiger partial charge in [-0.15, -0.1) is 11.3 Å². The summed E-state index contributed by atoms with van der Waals surface area (Å²) in [6.45, 7) is 5.67. The Morgan fingerprint density at radius 2 is 1.89 bits per heavy atom. The molecule has 0 radical (unpaired) electrons. The summed E-state index contributed by atoms with van der Waals surface area (Å²) in [6, 6.07) is 11.2. The predicted molar refractivity (Wildman–Crippen MR) is 132 cm³/mol. The number of Topliss-reactive ketones (excluding diaryl/α,β-unsaturated/α-hetero) is 1. The minimum absolute atomic E-state index is 0.166. The highest BCUT2D eigenvalue weighted by Crippen LogP contribution is 2.49. The van der Waals surface area contributed by atoms with Gasteiger partial charge in [-0.3, -0.25) is 9.59 Å². The lowest BCUT2D eigenvalue weighted by Gasteiger charge is -2.39. The van der Waals surface area contributed by atoms with E-state index in [-0.39, 0.29) is 19.0 Å². The number of ether oxygens (including phenoxy) is 3. The number of ketones is 1. The van der Waals surface area contributed by atoms with E-state index in [1.54, 1.807) is 21.0 Å². The maximum absolute atomic E-state index is 14.2. The molecular formula is C27H29NO6S. The van der Waals surface area contributed by atoms with Crippen LogP contribution in [0.25, 0.3) is 0 Å². The number of thiophene rings is 1. The number of benzene rings is 1. The summed E-state index contributed by atoms with van der Waals surface area (Å²) in [5, 5.41) is 5.22. The van der Waals surface area contributed by atoms with Crippen molar-refractivity contribution in [1.82, 2.24) is 5.32 Å². The average Bonchev–Trinajstić information content (AvgIpc) is 3.38. The molecule has 0 saturated heterocycles. The quantitative estimate of drug-likeness (QED) is 0.448. The van der Waals surface area contributed by atoms with Gasteiger partial charge in [0.1, 0.15) is 11.7 Å². The van der Waals surface area contributed by atoms with Gasteiger partial charge in [0.25, 0.3) is 0 Å². The highest BCUT2D eigenvalue weighted by atomic mass is 32.1. The van der Waals surface area contributed by atoms with E-state index in [4.69, 9.17) is 14.2 Å². The number of hydrogen-bond donors (Lipinski definition) is 1. The second kappa shape index (κ2) is 10.5. The van der Waals surface area contributed by atoms with Crippen molar-refractivity contribution < 1.29 is 28.6 Å². The Kier molecular flexibility index (Phi) is 7.40. The number of carbonyl (C=O) groups is 3. The summed E-state index contributed by atoms with van der Waals surface area (Å²) >= 11 is 1.46. The number of esters is 2. The summed E-state index contributed by atoms with van der Waals surface area (Å²) in [4.78, 5) is 41.2. The molecule has 0 spiro atoms. The summed E-state index contributed by atoms with van der Waals surface area (Å²) < 4.78 is 16.1. The Labute approximate surface area is 208 Å². The van der Waals surface area contributed by atoms with Crippen molar-refractivity contribution in [2.24, 2.45) is 5.92 Å². The zero-order chi connectivity index (χ0) is 25.1. The van der Waals surface area contributed by atoms with E-state index < -0.39 is 29.7 Å². The van der Waals surface area contributed by atoms with Gasteiger partial charge in [-0.2, -0.15) is 0 Å². The molecule has 1 aliphatic heterocycles. The van der Waals surface area contributed by atoms with Crippen LogP contribution in [0.5, 0.6) is 5.75 Å². The minimum Gasteiger partial charge on any atom is -0.497 e. The molecule has 1 N–H and O–H groups in total. The standard InChI is InChI=1S/C27H29NO6S/c1-5-33-26(30)21-15(3)28-19-14-18(16-9-7-10-17(13-16)32-4)22(27(31)34-6-2)25(29)23(19)24(21)20-11-8-12-35-20/h7-13,18,22,24,28H,5-6,14H2,1-4H3/t18-,22-,24-/m1/s1. The Morgan fingerprint density at radius 1 is 1.11 bits per heavy atom. The Bertz CT molecular complexity index is 1200. The lowest BCUT2D eigenvalue weighted by Crippen LogP contribution is -2.43. The van der Waals surface area contributed by atoms with Crippen LogP contribution in [0.4, 0.5) is 0 Å². The van der Waals surface area contributed by atoms with Crippen LogP contribution in [0.2, 0.25) is 0 Å². The van der Waals surface area contributed by atoms with Crippen LogP contribution in [0.1, 0.15) is 49.5 Å². The van der Waals surface area contributed by atoms with E-state index in [1.807, 2.05) is 48.7 Å². The lowest BCUT2D eigenvalue weighted by atomic mass is 9.68. The van der Waals surface area contributed by atoms with Crippen molar-refractivity contribution >= 4 is 29.1 Å². The first-order chi connectivity index (χ1) is 16.9. The fourth-order valence-electron chi connectivity index (χ4n) is 4.94. The van der Waals surface area contributed by atoms with Crippen molar-refractivity contribution in [1.29, 1.82) is 0 Å². The largest absolute Gasteiger partial charge is 0.497 e. The zero-order valence-corrected chi connectivity index (χ0v) is 21.1. The van der Waals surface area contributed by atoms with E-state index in [0.29, 0.717) is 34.7 Å². The third kappa shape index (κ3) is 4.62. The smallest absolute Gasteiger partial charge is 0.336 e. The van der Waals surface area contributed by atoms with Crippen molar-refractivity contribution in [3.63, 3.8) is 0 Å². The number of allylic oxidation sites excluding steroid dienone is 3. The first-order valence-electron chi connectivity index (χ1n) is 11.7. The summed E-state index contributed by atoms with van der Waals surface area (Å²) in [6.07, 6.45) is 0.410. The lowest BCUT2D eigenvalue weighted by molar-refractivity contribution is -0.152. The van der Waals surface area contributed by atoms with Crippen molar-refractivity contribution in [3.8, 4) is 5.75 Å². The molecule has 2 aliphatic rings. The van der Waals surface area contributed by atoms with Crippen LogP contribution in [-0.2, 0) is 23.9 Å². The third-order valence-electron chi connectivity index (χ3n) is 6.40. The van der Waals surface area contributed by atoms with Crippen LogP contribution in [0.3, 0.4) is 0 Å². The van der Waals surface area contributed by atoms with Gasteiger partial charge in [-0.05, 0) is 56.3 Å². The molecule has 0 bridgehead atoms.